The van der Waals surface area contributed by atoms with E-state index in [0.717, 1.165) is 0 Å². The van der Waals surface area contributed by atoms with Crippen LogP contribution in [0.1, 0.15) is 0 Å². The van der Waals surface area contributed by atoms with E-state index in [9.17, 15) is 4.79 Å². The highest BCUT2D eigenvalue weighted by Gasteiger charge is 2.27. The lowest BCUT2D eigenvalue weighted by Gasteiger charge is -2.03. The molecule has 0 radical (unpaired) electrons. The Morgan fingerprint density at radius 3 is 2.73 bits per heavy atom. The first kappa shape index (κ1) is 8.49. The third kappa shape index (κ3) is 1.52. The zero-order chi connectivity index (χ0) is 8.43. The molecule has 0 aromatic rings. The molecule has 0 N–H and O–H groups in total. The van der Waals surface area contributed by atoms with Gasteiger partial charge in [0.2, 0.25) is 0 Å². The second-order valence-electron chi connectivity index (χ2n) is 2.00. The van der Waals surface area contributed by atoms with E-state index >= 15 is 0 Å². The Morgan fingerprint density at radius 1 is 1.73 bits per heavy atom. The number of amides is 1. The van der Waals surface area contributed by atoms with Crippen LogP contribution in [0.4, 0.5) is 0 Å². The van der Waals surface area contributed by atoms with Crippen LogP contribution < -0.4 is 0 Å². The number of nitrogens with zero attached hydrogens (tertiary/aromatic N) is 1. The molecule has 0 aliphatic carbocycles. The lowest BCUT2D eigenvalue weighted by Crippen LogP contribution is -2.22. The highest BCUT2D eigenvalue weighted by atomic mass is 32.2. The van der Waals surface area contributed by atoms with E-state index in [0.29, 0.717) is 9.23 Å². The molecule has 1 saturated heterocycles. The van der Waals surface area contributed by atoms with Gasteiger partial charge in [0.1, 0.15) is 4.32 Å². The fraction of sp³-hybridized carbons (Fsp3) is 0.143. The predicted octanol–water partition coefficient (Wildman–Crippen LogP) is 1.55. The molecule has 58 valence electrons. The van der Waals surface area contributed by atoms with Crippen molar-refractivity contribution in [3.63, 3.8) is 0 Å². The van der Waals surface area contributed by atoms with Crippen molar-refractivity contribution < 1.29 is 4.79 Å². The molecule has 0 aromatic carbocycles. The molecular formula is C7H7NOS2. The summed E-state index contributed by atoms with van der Waals surface area (Å²) in [5.74, 6) is -0.0418. The van der Waals surface area contributed by atoms with E-state index in [1.165, 1.54) is 16.7 Å². The third-order valence-electron chi connectivity index (χ3n) is 1.26. The molecule has 2 nitrogen and oxygen atoms in total. The summed E-state index contributed by atoms with van der Waals surface area (Å²) < 4.78 is 0.600. The quantitative estimate of drug-likeness (QED) is 0.456. The highest BCUT2D eigenvalue weighted by molar-refractivity contribution is 8.26. The van der Waals surface area contributed by atoms with Crippen molar-refractivity contribution in [3.8, 4) is 0 Å². The molecule has 0 saturated carbocycles. The van der Waals surface area contributed by atoms with Gasteiger partial charge in [-0.2, -0.15) is 0 Å². The van der Waals surface area contributed by atoms with Gasteiger partial charge >= 0.3 is 0 Å². The fourth-order valence-corrected chi connectivity index (χ4v) is 1.82. The van der Waals surface area contributed by atoms with Crippen LogP contribution in [0.3, 0.4) is 0 Å². The Hall–Kier alpha value is -0.610. The molecule has 1 heterocycles. The molecular weight excluding hydrogens is 178 g/mol. The van der Waals surface area contributed by atoms with Crippen molar-refractivity contribution in [2.45, 2.75) is 0 Å². The second kappa shape index (κ2) is 3.19. The van der Waals surface area contributed by atoms with Gasteiger partial charge in [0.25, 0.3) is 5.91 Å². The van der Waals surface area contributed by atoms with Crippen LogP contribution in [0.15, 0.2) is 23.6 Å². The molecule has 1 fully saturated rings. The molecule has 0 atom stereocenters. The third-order valence-corrected chi connectivity index (χ3v) is 2.76. The first-order valence-corrected chi connectivity index (χ1v) is 4.22. The summed E-state index contributed by atoms with van der Waals surface area (Å²) >= 11 is 6.21. The largest absolute Gasteiger partial charge is 0.296 e. The molecule has 0 unspecified atom stereocenters. The van der Waals surface area contributed by atoms with Gasteiger partial charge in [-0.15, -0.1) is 0 Å². The number of hydrogen-bond acceptors (Lipinski definition) is 3. The maximum Gasteiger partial charge on any atom is 0.265 e. The van der Waals surface area contributed by atoms with Crippen LogP contribution in [0.25, 0.3) is 0 Å². The highest BCUT2D eigenvalue weighted by Crippen LogP contribution is 2.29. The average molecular weight is 185 g/mol. The minimum Gasteiger partial charge on any atom is -0.296 e. The summed E-state index contributed by atoms with van der Waals surface area (Å²) in [6, 6.07) is 0. The minimum atomic E-state index is -0.0418. The lowest BCUT2D eigenvalue weighted by molar-refractivity contribution is -0.121. The Balaban J connectivity index is 2.91. The Bertz CT molecular complexity index is 257. The van der Waals surface area contributed by atoms with Gasteiger partial charge in [0, 0.05) is 7.05 Å². The summed E-state index contributed by atoms with van der Waals surface area (Å²) in [5, 5.41) is 0. The number of carbonyl (C=O) groups is 1. The number of rotatable bonds is 1. The smallest absolute Gasteiger partial charge is 0.265 e. The van der Waals surface area contributed by atoms with Crippen LogP contribution in [-0.2, 0) is 4.79 Å². The molecule has 1 aliphatic heterocycles. The summed E-state index contributed by atoms with van der Waals surface area (Å²) in [5.41, 5.74) is 0. The number of thioether (sulfide) groups is 1. The van der Waals surface area contributed by atoms with Crippen molar-refractivity contribution in [1.29, 1.82) is 0 Å². The molecule has 1 aliphatic rings. The summed E-state index contributed by atoms with van der Waals surface area (Å²) in [6.07, 6.45) is 3.25. The van der Waals surface area contributed by atoms with Crippen LogP contribution in [0, 0.1) is 0 Å². The molecule has 0 bridgehead atoms. The number of thiocarbonyl (C=S) groups is 1. The van der Waals surface area contributed by atoms with Gasteiger partial charge in [-0.05, 0) is 6.08 Å². The zero-order valence-electron chi connectivity index (χ0n) is 6.03. The Morgan fingerprint density at radius 2 is 2.36 bits per heavy atom. The number of carbonyl (C=O) groups excluding carboxylic acids is 1. The molecule has 0 spiro atoms. The maximum atomic E-state index is 11.2. The topological polar surface area (TPSA) is 20.3 Å². The van der Waals surface area contributed by atoms with Gasteiger partial charge < -0.3 is 0 Å². The van der Waals surface area contributed by atoms with Crippen molar-refractivity contribution in [2.75, 3.05) is 7.05 Å². The normalized spacial score (nSPS) is 21.5. The standard InChI is InChI=1S/C7H7NOS2/c1-3-4-5-6(9)8(2)7(10)11-5/h3-4H,1H2,2H3. The Kier molecular flexibility index (Phi) is 2.46. The van der Waals surface area contributed by atoms with Crippen LogP contribution in [0.2, 0.25) is 0 Å². The summed E-state index contributed by atoms with van der Waals surface area (Å²) in [6.45, 7) is 3.50. The maximum absolute atomic E-state index is 11.2. The summed E-state index contributed by atoms with van der Waals surface area (Å²) in [4.78, 5) is 13.3. The minimum absolute atomic E-state index is 0.0418. The van der Waals surface area contributed by atoms with Gasteiger partial charge in [-0.25, -0.2) is 0 Å². The first-order valence-electron chi connectivity index (χ1n) is 2.99. The van der Waals surface area contributed by atoms with E-state index in [1.807, 2.05) is 0 Å². The fourth-order valence-electron chi connectivity index (χ4n) is 0.667. The van der Waals surface area contributed by atoms with Crippen molar-refractivity contribution >= 4 is 34.2 Å². The van der Waals surface area contributed by atoms with Crippen molar-refractivity contribution in [3.05, 3.63) is 23.6 Å². The van der Waals surface area contributed by atoms with Gasteiger partial charge in [0.15, 0.2) is 0 Å². The molecule has 0 aromatic heterocycles. The second-order valence-corrected chi connectivity index (χ2v) is 3.67. The molecule has 4 heteroatoms. The lowest BCUT2D eigenvalue weighted by atomic mass is 10.4. The number of likely N-dealkylation sites (N-methyl/N-ethyl adjacent to an activating group) is 1. The van der Waals surface area contributed by atoms with E-state index in [4.69, 9.17) is 12.2 Å². The monoisotopic (exact) mass is 185 g/mol. The predicted molar refractivity (Wildman–Crippen MR) is 51.2 cm³/mol. The number of allylic oxidation sites excluding steroid dienone is 2. The summed E-state index contributed by atoms with van der Waals surface area (Å²) in [7, 11) is 1.67. The van der Waals surface area contributed by atoms with E-state index in [2.05, 4.69) is 6.58 Å². The van der Waals surface area contributed by atoms with Crippen LogP contribution in [0.5, 0.6) is 0 Å². The molecule has 1 amide bonds. The number of hydrogen-bond donors (Lipinski definition) is 0. The van der Waals surface area contributed by atoms with Crippen molar-refractivity contribution in [2.24, 2.45) is 0 Å². The first-order chi connectivity index (χ1) is 5.16. The van der Waals surface area contributed by atoms with Gasteiger partial charge in [-0.3, -0.25) is 9.69 Å². The van der Waals surface area contributed by atoms with Gasteiger partial charge in [0.05, 0.1) is 4.91 Å². The molecule has 1 rings (SSSR count). The van der Waals surface area contributed by atoms with Crippen LogP contribution >= 0.6 is 24.0 Å². The van der Waals surface area contributed by atoms with Gasteiger partial charge in [-0.1, -0.05) is 36.6 Å². The van der Waals surface area contributed by atoms with E-state index < -0.39 is 0 Å². The Labute approximate surface area is 74.9 Å². The zero-order valence-corrected chi connectivity index (χ0v) is 7.67. The van der Waals surface area contributed by atoms with Crippen LogP contribution in [-0.4, -0.2) is 22.2 Å². The van der Waals surface area contributed by atoms with Crippen molar-refractivity contribution in [1.82, 2.24) is 4.90 Å². The molecule has 11 heavy (non-hydrogen) atoms. The SMILES string of the molecule is C=CC=C1SC(=S)N(C)C1=O. The van der Waals surface area contributed by atoms with E-state index in [-0.39, 0.29) is 5.91 Å². The van der Waals surface area contributed by atoms with E-state index in [1.54, 1.807) is 19.2 Å². The average Bonchev–Trinajstić information content (AvgIpc) is 2.19.